The van der Waals surface area contributed by atoms with E-state index in [0.29, 0.717) is 33.1 Å². The van der Waals surface area contributed by atoms with Gasteiger partial charge in [0.2, 0.25) is 0 Å². The van der Waals surface area contributed by atoms with Gasteiger partial charge in [-0.1, -0.05) is 17.7 Å². The van der Waals surface area contributed by atoms with Crippen molar-refractivity contribution in [2.75, 3.05) is 0 Å². The summed E-state index contributed by atoms with van der Waals surface area (Å²) in [6.07, 6.45) is -0.241. The maximum Gasteiger partial charge on any atom is 0.342 e. The van der Waals surface area contributed by atoms with Gasteiger partial charge in [0.05, 0.1) is 11.1 Å². The van der Waals surface area contributed by atoms with Crippen LogP contribution in [0.2, 0.25) is 5.02 Å². The SMILES string of the molecule is Cc1oc2ccc(OCc3c(F)cccc3Cl)cc2c1C(=O)OC(C)C. The third-order valence-electron chi connectivity index (χ3n) is 3.83. The molecule has 0 unspecified atom stereocenters. The summed E-state index contributed by atoms with van der Waals surface area (Å²) in [7, 11) is 0. The van der Waals surface area contributed by atoms with Crippen LogP contribution >= 0.6 is 11.6 Å². The Kier molecular flexibility index (Phi) is 5.18. The molecule has 0 amide bonds. The number of hydrogen-bond donors (Lipinski definition) is 0. The number of halogens is 2. The maximum absolute atomic E-state index is 13.9. The second-order valence-corrected chi connectivity index (χ2v) is 6.54. The van der Waals surface area contributed by atoms with E-state index in [-0.39, 0.29) is 18.3 Å². The molecule has 2 aromatic carbocycles. The molecule has 3 aromatic rings. The lowest BCUT2D eigenvalue weighted by Crippen LogP contribution is -2.12. The molecule has 0 radical (unpaired) electrons. The van der Waals surface area contributed by atoms with Crippen LogP contribution < -0.4 is 4.74 Å². The van der Waals surface area contributed by atoms with Gasteiger partial charge >= 0.3 is 5.97 Å². The summed E-state index contributed by atoms with van der Waals surface area (Å²) in [6.45, 7) is 5.24. The maximum atomic E-state index is 13.9. The van der Waals surface area contributed by atoms with Gasteiger partial charge in [0.25, 0.3) is 0 Å². The fraction of sp³-hybridized carbons (Fsp3) is 0.250. The minimum Gasteiger partial charge on any atom is -0.489 e. The lowest BCUT2D eigenvalue weighted by molar-refractivity contribution is 0.0378. The van der Waals surface area contributed by atoms with Crippen LogP contribution in [0.25, 0.3) is 11.0 Å². The summed E-state index contributed by atoms with van der Waals surface area (Å²) in [6, 6.07) is 9.54. The van der Waals surface area contributed by atoms with Gasteiger partial charge in [-0.3, -0.25) is 0 Å². The van der Waals surface area contributed by atoms with E-state index in [4.69, 9.17) is 25.5 Å². The number of ether oxygens (including phenoxy) is 2. The summed E-state index contributed by atoms with van der Waals surface area (Å²) < 4.78 is 30.4. The van der Waals surface area contributed by atoms with Crippen molar-refractivity contribution in [3.8, 4) is 5.75 Å². The molecule has 26 heavy (non-hydrogen) atoms. The minimum absolute atomic E-state index is 0.0282. The first-order valence-corrected chi connectivity index (χ1v) is 8.54. The molecule has 1 heterocycles. The molecule has 4 nitrogen and oxygen atoms in total. The van der Waals surface area contributed by atoms with E-state index in [0.717, 1.165) is 0 Å². The minimum atomic E-state index is -0.453. The van der Waals surface area contributed by atoms with E-state index in [9.17, 15) is 9.18 Å². The van der Waals surface area contributed by atoms with E-state index in [1.807, 2.05) is 0 Å². The van der Waals surface area contributed by atoms with Crippen LogP contribution in [0, 0.1) is 12.7 Å². The first kappa shape index (κ1) is 18.3. The Morgan fingerprint density at radius 2 is 2.04 bits per heavy atom. The van der Waals surface area contributed by atoms with Crippen LogP contribution in [0.15, 0.2) is 40.8 Å². The van der Waals surface area contributed by atoms with Gasteiger partial charge in [-0.25, -0.2) is 9.18 Å². The van der Waals surface area contributed by atoms with Gasteiger partial charge < -0.3 is 13.9 Å². The van der Waals surface area contributed by atoms with Crippen molar-refractivity contribution in [3.05, 3.63) is 64.1 Å². The number of fused-ring (bicyclic) bond motifs is 1. The number of hydrogen-bond acceptors (Lipinski definition) is 4. The second kappa shape index (κ2) is 7.38. The number of carbonyl (C=O) groups excluding carboxylic acids is 1. The van der Waals surface area contributed by atoms with Gasteiger partial charge in [0, 0.05) is 10.9 Å². The summed E-state index contributed by atoms with van der Waals surface area (Å²) in [5, 5.41) is 0.886. The van der Waals surface area contributed by atoms with E-state index in [1.165, 1.54) is 12.1 Å². The molecular weight excluding hydrogens is 359 g/mol. The highest BCUT2D eigenvalue weighted by atomic mass is 35.5. The molecule has 0 spiro atoms. The monoisotopic (exact) mass is 376 g/mol. The first-order chi connectivity index (χ1) is 12.4. The molecule has 0 saturated carbocycles. The van der Waals surface area contributed by atoms with Crippen molar-refractivity contribution >= 4 is 28.5 Å². The fourth-order valence-electron chi connectivity index (χ4n) is 2.64. The Balaban J connectivity index is 1.90. The molecule has 0 fully saturated rings. The van der Waals surface area contributed by atoms with Gasteiger partial charge in [0.1, 0.15) is 35.1 Å². The Labute approximate surface area is 155 Å². The third kappa shape index (κ3) is 3.68. The van der Waals surface area contributed by atoms with Crippen LogP contribution in [0.3, 0.4) is 0 Å². The van der Waals surface area contributed by atoms with Crippen LogP contribution in [-0.2, 0) is 11.3 Å². The van der Waals surface area contributed by atoms with Crippen molar-refractivity contribution in [3.63, 3.8) is 0 Å². The van der Waals surface area contributed by atoms with E-state index in [2.05, 4.69) is 0 Å². The van der Waals surface area contributed by atoms with Crippen LogP contribution in [-0.4, -0.2) is 12.1 Å². The molecule has 0 N–H and O–H groups in total. The molecule has 0 aliphatic carbocycles. The van der Waals surface area contributed by atoms with Crippen molar-refractivity contribution in [2.45, 2.75) is 33.5 Å². The smallest absolute Gasteiger partial charge is 0.342 e. The quantitative estimate of drug-likeness (QED) is 0.537. The van der Waals surface area contributed by atoms with Crippen molar-refractivity contribution in [2.24, 2.45) is 0 Å². The Morgan fingerprint density at radius 3 is 2.73 bits per heavy atom. The molecule has 0 aliphatic rings. The zero-order valence-corrected chi connectivity index (χ0v) is 15.4. The molecule has 0 atom stereocenters. The van der Waals surface area contributed by atoms with E-state index >= 15 is 0 Å². The van der Waals surface area contributed by atoms with Gasteiger partial charge in [0.15, 0.2) is 0 Å². The van der Waals surface area contributed by atoms with E-state index in [1.54, 1.807) is 45.0 Å². The lowest BCUT2D eigenvalue weighted by atomic mass is 10.1. The molecule has 3 rings (SSSR count). The van der Waals surface area contributed by atoms with Crippen molar-refractivity contribution in [1.82, 2.24) is 0 Å². The van der Waals surface area contributed by atoms with Gasteiger partial charge in [-0.15, -0.1) is 0 Å². The van der Waals surface area contributed by atoms with E-state index < -0.39 is 11.8 Å². The van der Waals surface area contributed by atoms with Gasteiger partial charge in [-0.2, -0.15) is 0 Å². The average molecular weight is 377 g/mol. The van der Waals surface area contributed by atoms with Crippen LogP contribution in [0.4, 0.5) is 4.39 Å². The number of furan rings is 1. The molecule has 0 saturated heterocycles. The molecule has 0 aliphatic heterocycles. The standard InChI is InChI=1S/C20H18ClFO4/c1-11(2)25-20(23)19-12(3)26-18-8-7-13(9-14(18)19)24-10-15-16(21)5-4-6-17(15)22/h4-9,11H,10H2,1-3H3. The largest absolute Gasteiger partial charge is 0.489 e. The number of rotatable bonds is 5. The summed E-state index contributed by atoms with van der Waals surface area (Å²) >= 11 is 6.01. The fourth-order valence-corrected chi connectivity index (χ4v) is 2.86. The predicted octanol–water partition coefficient (Wildman–Crippen LogP) is 5.68. The number of aryl methyl sites for hydroxylation is 1. The molecule has 6 heteroatoms. The second-order valence-electron chi connectivity index (χ2n) is 6.13. The third-order valence-corrected chi connectivity index (χ3v) is 4.18. The number of carbonyl (C=O) groups is 1. The first-order valence-electron chi connectivity index (χ1n) is 8.16. The Morgan fingerprint density at radius 1 is 1.27 bits per heavy atom. The predicted molar refractivity (Wildman–Crippen MR) is 97.2 cm³/mol. The molecule has 0 bridgehead atoms. The van der Waals surface area contributed by atoms with Crippen molar-refractivity contribution in [1.29, 1.82) is 0 Å². The molecular formula is C20H18ClFO4. The molecule has 1 aromatic heterocycles. The zero-order chi connectivity index (χ0) is 18.8. The van der Waals surface area contributed by atoms with Crippen LogP contribution in [0.5, 0.6) is 5.75 Å². The Hall–Kier alpha value is -2.53. The topological polar surface area (TPSA) is 48.7 Å². The van der Waals surface area contributed by atoms with Crippen molar-refractivity contribution < 1.29 is 23.1 Å². The highest BCUT2D eigenvalue weighted by Crippen LogP contribution is 2.30. The number of esters is 1. The highest BCUT2D eigenvalue weighted by molar-refractivity contribution is 6.31. The summed E-state index contributed by atoms with van der Waals surface area (Å²) in [5.41, 5.74) is 1.19. The highest BCUT2D eigenvalue weighted by Gasteiger charge is 2.21. The molecule has 136 valence electrons. The number of benzene rings is 2. The summed E-state index contributed by atoms with van der Waals surface area (Å²) in [5.74, 6) is 0.0562. The normalized spacial score (nSPS) is 11.2. The summed E-state index contributed by atoms with van der Waals surface area (Å²) in [4.78, 5) is 12.3. The van der Waals surface area contributed by atoms with Gasteiger partial charge in [-0.05, 0) is 51.1 Å². The average Bonchev–Trinajstić information content (AvgIpc) is 2.89. The van der Waals surface area contributed by atoms with Crippen LogP contribution in [0.1, 0.15) is 35.5 Å². The zero-order valence-electron chi connectivity index (χ0n) is 14.6. The lowest BCUT2D eigenvalue weighted by Gasteiger charge is -2.09. The Bertz CT molecular complexity index is 942.